The van der Waals surface area contributed by atoms with E-state index in [0.29, 0.717) is 11.8 Å². The van der Waals surface area contributed by atoms with Crippen molar-refractivity contribution in [3.8, 4) is 10.6 Å². The van der Waals surface area contributed by atoms with Crippen molar-refractivity contribution in [3.05, 3.63) is 52.0 Å². The average molecular weight is 402 g/mol. The van der Waals surface area contributed by atoms with E-state index in [-0.39, 0.29) is 6.61 Å². The first-order valence-corrected chi connectivity index (χ1v) is 10.5. The number of hydrogen-bond donors (Lipinski definition) is 2. The Balaban J connectivity index is 0.000000159. The molecule has 0 unspecified atom stereocenters. The highest BCUT2D eigenvalue weighted by atomic mass is 32.1. The molecular weight excluding hydrogens is 378 g/mol. The SMILES string of the molecule is CNc1nc(-c2sc(CO)nc2C)cs1.O=CC1CC(c2ccccc2)C1. The highest BCUT2D eigenvalue weighted by molar-refractivity contribution is 7.16. The summed E-state index contributed by atoms with van der Waals surface area (Å²) in [4.78, 5) is 20.1. The van der Waals surface area contributed by atoms with E-state index in [0.717, 1.165) is 45.5 Å². The van der Waals surface area contributed by atoms with Crippen LogP contribution in [-0.4, -0.2) is 28.4 Å². The van der Waals surface area contributed by atoms with Crippen molar-refractivity contribution in [1.29, 1.82) is 0 Å². The maximum atomic E-state index is 10.4. The van der Waals surface area contributed by atoms with E-state index in [9.17, 15) is 4.79 Å². The summed E-state index contributed by atoms with van der Waals surface area (Å²) in [6.45, 7) is 1.93. The van der Waals surface area contributed by atoms with Crippen molar-refractivity contribution in [3.63, 3.8) is 0 Å². The lowest BCUT2D eigenvalue weighted by molar-refractivity contribution is -0.113. The normalized spacial score (nSPS) is 18.2. The molecular formula is C20H23N3O2S2. The molecule has 1 aromatic carbocycles. The van der Waals surface area contributed by atoms with E-state index < -0.39 is 0 Å². The fourth-order valence-corrected chi connectivity index (χ4v) is 4.64. The molecule has 2 aromatic heterocycles. The van der Waals surface area contributed by atoms with Gasteiger partial charge in [0.15, 0.2) is 5.13 Å². The lowest BCUT2D eigenvalue weighted by Gasteiger charge is -2.31. The molecule has 3 aromatic rings. The summed E-state index contributed by atoms with van der Waals surface area (Å²) < 4.78 is 0. The standard InChI is InChI=1S/C11H12O.C9H11N3OS2/c12-8-9-6-11(7-9)10-4-2-1-3-5-10;1-5-8(15-7(3-13)11-5)6-4-14-9(10-2)12-6/h1-5,8-9,11H,6-7H2;4,13H,3H2,1-2H3,(H,10,12). The second-order valence-corrected chi connectivity index (χ2v) is 8.39. The van der Waals surface area contributed by atoms with Gasteiger partial charge in [0.25, 0.3) is 0 Å². The minimum absolute atomic E-state index is 0.00543. The maximum Gasteiger partial charge on any atom is 0.182 e. The van der Waals surface area contributed by atoms with Gasteiger partial charge in [0.1, 0.15) is 11.3 Å². The molecule has 7 heteroatoms. The van der Waals surface area contributed by atoms with Gasteiger partial charge < -0.3 is 15.2 Å². The Labute approximate surface area is 167 Å². The third-order valence-electron chi connectivity index (χ3n) is 4.56. The summed E-state index contributed by atoms with van der Waals surface area (Å²) in [5.41, 5.74) is 3.24. The van der Waals surface area contributed by atoms with Gasteiger partial charge in [-0.25, -0.2) is 9.97 Å². The summed E-state index contributed by atoms with van der Waals surface area (Å²) >= 11 is 3.06. The number of carbonyl (C=O) groups is 1. The number of aldehydes is 1. The Morgan fingerprint density at radius 3 is 2.56 bits per heavy atom. The summed E-state index contributed by atoms with van der Waals surface area (Å²) in [5.74, 6) is 0.969. The molecule has 0 spiro atoms. The van der Waals surface area contributed by atoms with Gasteiger partial charge in [0.05, 0.1) is 22.9 Å². The minimum Gasteiger partial charge on any atom is -0.389 e. The molecule has 1 saturated carbocycles. The van der Waals surface area contributed by atoms with Crippen molar-refractivity contribution in [1.82, 2.24) is 9.97 Å². The zero-order valence-corrected chi connectivity index (χ0v) is 17.0. The smallest absolute Gasteiger partial charge is 0.182 e. The van der Waals surface area contributed by atoms with Crippen LogP contribution in [0, 0.1) is 12.8 Å². The van der Waals surface area contributed by atoms with Crippen LogP contribution in [0.15, 0.2) is 35.7 Å². The molecule has 2 heterocycles. The largest absolute Gasteiger partial charge is 0.389 e. The van der Waals surface area contributed by atoms with Crippen LogP contribution in [0.3, 0.4) is 0 Å². The Bertz CT molecular complexity index is 870. The van der Waals surface area contributed by atoms with Crippen molar-refractivity contribution >= 4 is 34.1 Å². The minimum atomic E-state index is -0.00543. The Hall–Kier alpha value is -2.09. The van der Waals surface area contributed by atoms with Crippen LogP contribution < -0.4 is 5.32 Å². The van der Waals surface area contributed by atoms with Crippen LogP contribution >= 0.6 is 22.7 Å². The van der Waals surface area contributed by atoms with E-state index in [1.165, 1.54) is 16.9 Å². The third kappa shape index (κ3) is 4.80. The average Bonchev–Trinajstić information content (AvgIpc) is 3.28. The predicted molar refractivity (Wildman–Crippen MR) is 111 cm³/mol. The van der Waals surface area contributed by atoms with Crippen LogP contribution in [0.4, 0.5) is 5.13 Å². The molecule has 0 aliphatic heterocycles. The first-order chi connectivity index (χ1) is 13.1. The molecule has 4 rings (SSSR count). The van der Waals surface area contributed by atoms with Crippen LogP contribution in [-0.2, 0) is 11.4 Å². The molecule has 27 heavy (non-hydrogen) atoms. The molecule has 0 saturated heterocycles. The Kier molecular flexibility index (Phi) is 6.71. The van der Waals surface area contributed by atoms with E-state index in [2.05, 4.69) is 39.6 Å². The predicted octanol–water partition coefficient (Wildman–Crippen LogP) is 4.49. The molecule has 1 fully saturated rings. The van der Waals surface area contributed by atoms with Gasteiger partial charge in [-0.1, -0.05) is 30.3 Å². The lowest BCUT2D eigenvalue weighted by Crippen LogP contribution is -2.22. The van der Waals surface area contributed by atoms with Gasteiger partial charge in [-0.2, -0.15) is 0 Å². The van der Waals surface area contributed by atoms with Crippen molar-refractivity contribution in [2.75, 3.05) is 12.4 Å². The van der Waals surface area contributed by atoms with Crippen LogP contribution in [0.1, 0.15) is 35.0 Å². The summed E-state index contributed by atoms with van der Waals surface area (Å²) in [7, 11) is 1.85. The molecule has 0 bridgehead atoms. The molecule has 2 N–H and O–H groups in total. The first-order valence-electron chi connectivity index (χ1n) is 8.85. The van der Waals surface area contributed by atoms with Gasteiger partial charge in [-0.15, -0.1) is 22.7 Å². The number of hydrogen-bond acceptors (Lipinski definition) is 7. The van der Waals surface area contributed by atoms with Gasteiger partial charge >= 0.3 is 0 Å². The Morgan fingerprint density at radius 2 is 2.00 bits per heavy atom. The summed E-state index contributed by atoms with van der Waals surface area (Å²) in [5, 5.41) is 15.6. The van der Waals surface area contributed by atoms with Crippen LogP contribution in [0.2, 0.25) is 0 Å². The lowest BCUT2D eigenvalue weighted by atomic mass is 9.72. The van der Waals surface area contributed by atoms with Gasteiger partial charge in [0, 0.05) is 18.3 Å². The first kappa shape index (κ1) is 19.7. The summed E-state index contributed by atoms with van der Waals surface area (Å²) in [6.07, 6.45) is 3.18. The quantitative estimate of drug-likeness (QED) is 0.616. The number of carbonyl (C=O) groups excluding carboxylic acids is 1. The van der Waals surface area contributed by atoms with Crippen molar-refractivity contribution in [2.45, 2.75) is 32.3 Å². The van der Waals surface area contributed by atoms with Gasteiger partial charge in [-0.05, 0) is 31.2 Å². The van der Waals surface area contributed by atoms with Crippen molar-refractivity contribution in [2.24, 2.45) is 5.92 Å². The van der Waals surface area contributed by atoms with E-state index in [1.54, 1.807) is 11.3 Å². The third-order valence-corrected chi connectivity index (χ3v) is 6.59. The highest BCUT2D eigenvalue weighted by Crippen LogP contribution is 2.40. The second kappa shape index (κ2) is 9.21. The second-order valence-electron chi connectivity index (χ2n) is 6.44. The molecule has 0 radical (unpaired) electrons. The molecule has 1 aliphatic carbocycles. The number of aryl methyl sites for hydroxylation is 1. The number of aromatic nitrogens is 2. The number of benzene rings is 1. The number of rotatable bonds is 5. The van der Waals surface area contributed by atoms with E-state index in [1.807, 2.05) is 25.4 Å². The highest BCUT2D eigenvalue weighted by Gasteiger charge is 2.29. The number of aliphatic hydroxyl groups is 1. The fourth-order valence-electron chi connectivity index (χ4n) is 3.02. The topological polar surface area (TPSA) is 75.1 Å². The molecule has 142 valence electrons. The Morgan fingerprint density at radius 1 is 1.26 bits per heavy atom. The van der Waals surface area contributed by atoms with E-state index >= 15 is 0 Å². The molecule has 1 aliphatic rings. The van der Waals surface area contributed by atoms with Crippen LogP contribution in [0.25, 0.3) is 10.6 Å². The molecule has 5 nitrogen and oxygen atoms in total. The summed E-state index contributed by atoms with van der Waals surface area (Å²) in [6, 6.07) is 10.4. The fraction of sp³-hybridized carbons (Fsp3) is 0.350. The van der Waals surface area contributed by atoms with Gasteiger partial charge in [0.2, 0.25) is 0 Å². The van der Waals surface area contributed by atoms with Crippen molar-refractivity contribution < 1.29 is 9.90 Å². The number of thiazole rings is 2. The zero-order valence-electron chi connectivity index (χ0n) is 15.4. The molecule has 0 atom stereocenters. The number of nitrogens with zero attached hydrogens (tertiary/aromatic N) is 2. The zero-order chi connectivity index (χ0) is 19.2. The van der Waals surface area contributed by atoms with Gasteiger partial charge in [-0.3, -0.25) is 0 Å². The van der Waals surface area contributed by atoms with Crippen LogP contribution in [0.5, 0.6) is 0 Å². The maximum absolute atomic E-state index is 10.4. The monoisotopic (exact) mass is 401 g/mol. The van der Waals surface area contributed by atoms with E-state index in [4.69, 9.17) is 5.11 Å². The number of aliphatic hydroxyl groups excluding tert-OH is 1. The number of anilines is 1. The molecule has 0 amide bonds. The number of nitrogens with one attached hydrogen (secondary N) is 1.